The van der Waals surface area contributed by atoms with Crippen LogP contribution in [0.25, 0.3) is 6.08 Å². The van der Waals surface area contributed by atoms with Gasteiger partial charge in [-0.05, 0) is 49.1 Å². The van der Waals surface area contributed by atoms with Crippen LogP contribution in [0.5, 0.6) is 0 Å². The van der Waals surface area contributed by atoms with Crippen LogP contribution in [0.15, 0.2) is 24.3 Å². The maximum absolute atomic E-state index is 13.6. The number of rotatable bonds is 9. The number of hydrogen-bond acceptors (Lipinski definition) is 4. The number of esters is 1. The van der Waals surface area contributed by atoms with Crippen LogP contribution in [0.4, 0.5) is 4.39 Å². The van der Waals surface area contributed by atoms with Gasteiger partial charge in [0, 0.05) is 6.08 Å². The van der Waals surface area contributed by atoms with Crippen LogP contribution in [-0.4, -0.2) is 30.4 Å². The van der Waals surface area contributed by atoms with E-state index < -0.39 is 12.1 Å². The standard InChI is InChI=1S/C18H25FO4/c1-4-15(20)12-23-17(5-2)16-11-14(19)9-7-13(16)8-10-18(21)22-6-3/h7-11,15,17,20H,4-6,12H2,1-3H3/b10-8+/t15-,17-/m1/s1. The van der Waals surface area contributed by atoms with Crippen LogP contribution >= 0.6 is 0 Å². The van der Waals surface area contributed by atoms with Gasteiger partial charge in [-0.15, -0.1) is 0 Å². The maximum atomic E-state index is 13.6. The molecule has 1 rings (SSSR count). The zero-order valence-electron chi connectivity index (χ0n) is 13.9. The molecule has 2 atom stereocenters. The third kappa shape index (κ3) is 6.50. The Morgan fingerprint density at radius 1 is 1.30 bits per heavy atom. The molecule has 0 fully saturated rings. The first kappa shape index (κ1) is 19.3. The van der Waals surface area contributed by atoms with Gasteiger partial charge in [-0.25, -0.2) is 9.18 Å². The van der Waals surface area contributed by atoms with Crippen molar-refractivity contribution in [1.82, 2.24) is 0 Å². The average molecular weight is 324 g/mol. The summed E-state index contributed by atoms with van der Waals surface area (Å²) in [5, 5.41) is 9.63. The molecule has 0 heterocycles. The van der Waals surface area contributed by atoms with Gasteiger partial charge in [0.25, 0.3) is 0 Å². The van der Waals surface area contributed by atoms with E-state index in [0.717, 1.165) is 0 Å². The number of aliphatic hydroxyl groups is 1. The topological polar surface area (TPSA) is 55.8 Å². The van der Waals surface area contributed by atoms with Gasteiger partial charge < -0.3 is 14.6 Å². The summed E-state index contributed by atoms with van der Waals surface area (Å²) < 4.78 is 24.2. The summed E-state index contributed by atoms with van der Waals surface area (Å²) in [7, 11) is 0. The van der Waals surface area contributed by atoms with Crippen LogP contribution in [-0.2, 0) is 14.3 Å². The fourth-order valence-corrected chi connectivity index (χ4v) is 2.10. The van der Waals surface area contributed by atoms with Crippen molar-refractivity contribution in [2.45, 2.75) is 45.8 Å². The quantitative estimate of drug-likeness (QED) is 0.556. The Morgan fingerprint density at radius 3 is 2.65 bits per heavy atom. The molecule has 1 aromatic carbocycles. The number of hydrogen-bond donors (Lipinski definition) is 1. The number of ether oxygens (including phenoxy) is 2. The SMILES string of the molecule is CCOC(=O)/C=C/c1ccc(F)cc1[C@@H](CC)OC[C@H](O)CC. The van der Waals surface area contributed by atoms with Gasteiger partial charge in [-0.1, -0.05) is 19.9 Å². The molecule has 23 heavy (non-hydrogen) atoms. The molecule has 0 unspecified atom stereocenters. The van der Waals surface area contributed by atoms with Gasteiger partial charge in [0.05, 0.1) is 25.4 Å². The second-order valence-electron chi connectivity index (χ2n) is 5.15. The number of carbonyl (C=O) groups is 1. The van der Waals surface area contributed by atoms with Gasteiger partial charge in [0.2, 0.25) is 0 Å². The minimum atomic E-state index is -0.545. The highest BCUT2D eigenvalue weighted by Crippen LogP contribution is 2.27. The van der Waals surface area contributed by atoms with Crippen molar-refractivity contribution in [2.24, 2.45) is 0 Å². The summed E-state index contributed by atoms with van der Waals surface area (Å²) in [4.78, 5) is 11.4. The Bertz CT molecular complexity index is 528. The average Bonchev–Trinajstić information content (AvgIpc) is 2.54. The lowest BCUT2D eigenvalue weighted by atomic mass is 9.99. The van der Waals surface area contributed by atoms with Crippen molar-refractivity contribution in [3.05, 3.63) is 41.2 Å². The summed E-state index contributed by atoms with van der Waals surface area (Å²) in [6.45, 7) is 6.01. The minimum Gasteiger partial charge on any atom is -0.463 e. The predicted octanol–water partition coefficient (Wildman–Crippen LogP) is 3.64. The fourth-order valence-electron chi connectivity index (χ4n) is 2.10. The first-order valence-electron chi connectivity index (χ1n) is 7.95. The first-order chi connectivity index (χ1) is 11.0. The van der Waals surface area contributed by atoms with Gasteiger partial charge in [-0.3, -0.25) is 0 Å². The Hall–Kier alpha value is -1.72. The molecule has 0 aliphatic rings. The number of aliphatic hydroxyl groups excluding tert-OH is 1. The van der Waals surface area contributed by atoms with E-state index in [-0.39, 0.29) is 18.5 Å². The zero-order valence-corrected chi connectivity index (χ0v) is 13.9. The second kappa shape index (κ2) is 10.1. The lowest BCUT2D eigenvalue weighted by molar-refractivity contribution is -0.137. The second-order valence-corrected chi connectivity index (χ2v) is 5.15. The molecule has 0 bridgehead atoms. The van der Waals surface area contributed by atoms with Crippen molar-refractivity contribution >= 4 is 12.0 Å². The maximum Gasteiger partial charge on any atom is 0.330 e. The van der Waals surface area contributed by atoms with E-state index >= 15 is 0 Å². The van der Waals surface area contributed by atoms with E-state index in [1.54, 1.807) is 19.1 Å². The fraction of sp³-hybridized carbons (Fsp3) is 0.500. The van der Waals surface area contributed by atoms with E-state index in [1.807, 2.05) is 13.8 Å². The van der Waals surface area contributed by atoms with Crippen molar-refractivity contribution in [3.63, 3.8) is 0 Å². The van der Waals surface area contributed by atoms with E-state index in [0.29, 0.717) is 30.6 Å². The van der Waals surface area contributed by atoms with Crippen molar-refractivity contribution in [2.75, 3.05) is 13.2 Å². The largest absolute Gasteiger partial charge is 0.463 e. The summed E-state index contributed by atoms with van der Waals surface area (Å²) >= 11 is 0. The molecule has 0 saturated carbocycles. The predicted molar refractivity (Wildman–Crippen MR) is 87.3 cm³/mol. The number of halogens is 1. The number of benzene rings is 1. The van der Waals surface area contributed by atoms with E-state index in [2.05, 4.69) is 0 Å². The van der Waals surface area contributed by atoms with Crippen LogP contribution in [0.3, 0.4) is 0 Å². The zero-order chi connectivity index (χ0) is 17.2. The summed E-state index contributed by atoms with van der Waals surface area (Å²) in [5.41, 5.74) is 1.34. The van der Waals surface area contributed by atoms with Crippen molar-refractivity contribution in [1.29, 1.82) is 0 Å². The van der Waals surface area contributed by atoms with Crippen LogP contribution < -0.4 is 0 Å². The van der Waals surface area contributed by atoms with E-state index in [9.17, 15) is 14.3 Å². The first-order valence-corrected chi connectivity index (χ1v) is 7.95. The van der Waals surface area contributed by atoms with Gasteiger partial charge >= 0.3 is 5.97 Å². The summed E-state index contributed by atoms with van der Waals surface area (Å²) in [6, 6.07) is 4.34. The Kier molecular flexibility index (Phi) is 8.51. The molecule has 128 valence electrons. The third-order valence-electron chi connectivity index (χ3n) is 3.41. The molecule has 1 aromatic rings. The molecule has 0 aromatic heterocycles. The molecule has 1 N–H and O–H groups in total. The molecule has 0 radical (unpaired) electrons. The third-order valence-corrected chi connectivity index (χ3v) is 3.41. The Balaban J connectivity index is 2.97. The molecular weight excluding hydrogens is 299 g/mol. The minimum absolute atomic E-state index is 0.187. The van der Waals surface area contributed by atoms with E-state index in [4.69, 9.17) is 9.47 Å². The summed E-state index contributed by atoms with van der Waals surface area (Å²) in [5.74, 6) is -0.815. The van der Waals surface area contributed by atoms with E-state index in [1.165, 1.54) is 18.2 Å². The highest BCUT2D eigenvalue weighted by Gasteiger charge is 2.16. The van der Waals surface area contributed by atoms with Crippen LogP contribution in [0, 0.1) is 5.82 Å². The van der Waals surface area contributed by atoms with Gasteiger partial charge in [0.1, 0.15) is 5.82 Å². The molecule has 0 amide bonds. The lowest BCUT2D eigenvalue weighted by Crippen LogP contribution is -2.17. The van der Waals surface area contributed by atoms with Crippen LogP contribution in [0.2, 0.25) is 0 Å². The van der Waals surface area contributed by atoms with Crippen LogP contribution in [0.1, 0.15) is 50.8 Å². The van der Waals surface area contributed by atoms with Crippen molar-refractivity contribution in [3.8, 4) is 0 Å². The van der Waals surface area contributed by atoms with Gasteiger partial charge in [-0.2, -0.15) is 0 Å². The molecule has 0 aliphatic carbocycles. The normalized spacial score (nSPS) is 14.0. The Morgan fingerprint density at radius 2 is 2.04 bits per heavy atom. The highest BCUT2D eigenvalue weighted by atomic mass is 19.1. The number of carbonyl (C=O) groups excluding carboxylic acids is 1. The molecule has 5 heteroatoms. The Labute approximate surface area is 136 Å². The smallest absolute Gasteiger partial charge is 0.330 e. The molecular formula is C18H25FO4. The summed E-state index contributed by atoms with van der Waals surface area (Å²) in [6.07, 6.45) is 3.22. The molecule has 0 spiro atoms. The van der Waals surface area contributed by atoms with Gasteiger partial charge in [0.15, 0.2) is 0 Å². The lowest BCUT2D eigenvalue weighted by Gasteiger charge is -2.20. The van der Waals surface area contributed by atoms with Crippen molar-refractivity contribution < 1.29 is 23.8 Å². The molecule has 4 nitrogen and oxygen atoms in total. The highest BCUT2D eigenvalue weighted by molar-refractivity contribution is 5.87. The monoisotopic (exact) mass is 324 g/mol. The molecule has 0 saturated heterocycles. The molecule has 0 aliphatic heterocycles.